The van der Waals surface area contributed by atoms with Gasteiger partial charge in [0.1, 0.15) is 0 Å². The summed E-state index contributed by atoms with van der Waals surface area (Å²) in [4.78, 5) is 0. The summed E-state index contributed by atoms with van der Waals surface area (Å²) in [6, 6.07) is 10.3. The van der Waals surface area contributed by atoms with E-state index < -0.39 is 0 Å². The summed E-state index contributed by atoms with van der Waals surface area (Å²) in [7, 11) is 0. The third-order valence-electron chi connectivity index (χ3n) is 1.74. The van der Waals surface area contributed by atoms with Crippen LogP contribution in [0.3, 0.4) is 0 Å². The molecule has 1 aromatic carbocycles. The average Bonchev–Trinajstić information content (AvgIpc) is 2.42. The third kappa shape index (κ3) is 10.7. The van der Waals surface area contributed by atoms with Gasteiger partial charge >= 0.3 is 0 Å². The van der Waals surface area contributed by atoms with Crippen LogP contribution < -0.4 is 0 Å². The Hall–Kier alpha value is -1.56. The molecule has 0 fully saturated rings. The molecule has 0 saturated carbocycles. The Morgan fingerprint density at radius 2 is 1.59 bits per heavy atom. The van der Waals surface area contributed by atoms with Crippen LogP contribution in [0.2, 0.25) is 0 Å². The zero-order chi connectivity index (χ0) is 13.5. The molecule has 0 N–H and O–H groups in total. The molecule has 1 rings (SSSR count). The van der Waals surface area contributed by atoms with Crippen LogP contribution in [0.1, 0.15) is 33.3 Å². The molecule has 0 nitrogen and oxygen atoms in total. The molecular formula is C17H26. The van der Waals surface area contributed by atoms with E-state index in [2.05, 4.69) is 25.3 Å². The molecule has 17 heavy (non-hydrogen) atoms. The van der Waals surface area contributed by atoms with E-state index in [1.807, 2.05) is 58.0 Å². The van der Waals surface area contributed by atoms with Gasteiger partial charge in [-0.1, -0.05) is 95.0 Å². The van der Waals surface area contributed by atoms with E-state index in [1.165, 1.54) is 5.56 Å². The Morgan fingerprint density at radius 3 is 2.06 bits per heavy atom. The SMILES string of the molecule is C=C/C=C\C(=C)Cc1ccccc1.CC.CC. The lowest BCUT2D eigenvalue weighted by Gasteiger charge is -1.99. The zero-order valence-corrected chi connectivity index (χ0v) is 11.7. The van der Waals surface area contributed by atoms with Crippen molar-refractivity contribution in [2.24, 2.45) is 0 Å². The summed E-state index contributed by atoms with van der Waals surface area (Å²) in [6.45, 7) is 15.6. The second kappa shape index (κ2) is 14.4. The van der Waals surface area contributed by atoms with E-state index in [1.54, 1.807) is 6.08 Å². The van der Waals surface area contributed by atoms with Gasteiger partial charge in [-0.2, -0.15) is 0 Å². The van der Waals surface area contributed by atoms with Crippen molar-refractivity contribution < 1.29 is 0 Å². The molecule has 1 aromatic rings. The van der Waals surface area contributed by atoms with Crippen molar-refractivity contribution >= 4 is 0 Å². The van der Waals surface area contributed by atoms with E-state index >= 15 is 0 Å². The number of allylic oxidation sites excluding steroid dienone is 4. The lowest BCUT2D eigenvalue weighted by atomic mass is 10.1. The van der Waals surface area contributed by atoms with Crippen LogP contribution in [0, 0.1) is 0 Å². The fourth-order valence-corrected chi connectivity index (χ4v) is 1.12. The smallest absolute Gasteiger partial charge is 0.00316 e. The van der Waals surface area contributed by atoms with Crippen molar-refractivity contribution in [1.29, 1.82) is 0 Å². The topological polar surface area (TPSA) is 0 Å². The number of hydrogen-bond donors (Lipinski definition) is 0. The molecule has 0 spiro atoms. The van der Waals surface area contributed by atoms with Gasteiger partial charge < -0.3 is 0 Å². The quantitative estimate of drug-likeness (QED) is 0.592. The van der Waals surface area contributed by atoms with Gasteiger partial charge in [0.15, 0.2) is 0 Å². The Balaban J connectivity index is 0. The van der Waals surface area contributed by atoms with Crippen LogP contribution in [0.4, 0.5) is 0 Å². The van der Waals surface area contributed by atoms with Gasteiger partial charge in [-0.25, -0.2) is 0 Å². The van der Waals surface area contributed by atoms with E-state index in [4.69, 9.17) is 0 Å². The Kier molecular flexibility index (Phi) is 15.1. The fraction of sp³-hybridized carbons (Fsp3) is 0.294. The highest BCUT2D eigenvalue weighted by atomic mass is 14.0. The van der Waals surface area contributed by atoms with Gasteiger partial charge in [0, 0.05) is 0 Å². The van der Waals surface area contributed by atoms with Crippen LogP contribution >= 0.6 is 0 Å². The largest absolute Gasteiger partial charge is 0.0991 e. The van der Waals surface area contributed by atoms with E-state index in [9.17, 15) is 0 Å². The monoisotopic (exact) mass is 230 g/mol. The van der Waals surface area contributed by atoms with Crippen LogP contribution in [0.15, 0.2) is 67.3 Å². The molecule has 0 aliphatic rings. The van der Waals surface area contributed by atoms with Gasteiger partial charge in [0.2, 0.25) is 0 Å². The van der Waals surface area contributed by atoms with Crippen LogP contribution in [-0.2, 0) is 6.42 Å². The average molecular weight is 230 g/mol. The third-order valence-corrected chi connectivity index (χ3v) is 1.74. The summed E-state index contributed by atoms with van der Waals surface area (Å²) in [5.74, 6) is 0. The van der Waals surface area contributed by atoms with Crippen LogP contribution in [-0.4, -0.2) is 0 Å². The van der Waals surface area contributed by atoms with E-state index in [0.717, 1.165) is 12.0 Å². The fourth-order valence-electron chi connectivity index (χ4n) is 1.12. The zero-order valence-electron chi connectivity index (χ0n) is 11.7. The van der Waals surface area contributed by atoms with Crippen molar-refractivity contribution in [3.63, 3.8) is 0 Å². The van der Waals surface area contributed by atoms with Crippen LogP contribution in [0.5, 0.6) is 0 Å². The van der Waals surface area contributed by atoms with Gasteiger partial charge in [-0.3, -0.25) is 0 Å². The molecule has 0 heteroatoms. The first-order chi connectivity index (χ1) is 8.33. The summed E-state index contributed by atoms with van der Waals surface area (Å²) >= 11 is 0. The highest BCUT2D eigenvalue weighted by Crippen LogP contribution is 2.06. The predicted octanol–water partition coefficient (Wildman–Crippen LogP) is 5.58. The minimum atomic E-state index is 0.908. The van der Waals surface area contributed by atoms with Crippen LogP contribution in [0.25, 0.3) is 0 Å². The molecule has 0 bridgehead atoms. The molecule has 0 unspecified atom stereocenters. The first-order valence-corrected chi connectivity index (χ1v) is 6.33. The molecule has 0 heterocycles. The van der Waals surface area contributed by atoms with E-state index in [-0.39, 0.29) is 0 Å². The minimum Gasteiger partial charge on any atom is -0.0991 e. The van der Waals surface area contributed by atoms with Crippen molar-refractivity contribution in [3.05, 3.63) is 72.9 Å². The predicted molar refractivity (Wildman–Crippen MR) is 81.3 cm³/mol. The summed E-state index contributed by atoms with van der Waals surface area (Å²) in [5, 5.41) is 0. The summed E-state index contributed by atoms with van der Waals surface area (Å²) < 4.78 is 0. The molecule has 0 aromatic heterocycles. The lowest BCUT2D eigenvalue weighted by molar-refractivity contribution is 1.21. The lowest BCUT2D eigenvalue weighted by Crippen LogP contribution is -1.84. The maximum absolute atomic E-state index is 3.95. The molecule has 0 atom stereocenters. The molecule has 94 valence electrons. The standard InChI is InChI=1S/C13H14.2C2H6/c1-3-4-8-12(2)11-13-9-6-5-7-10-13;2*1-2/h3-10H,1-2,11H2;2*1-2H3/b8-4-;;. The Morgan fingerprint density at radius 1 is 1.06 bits per heavy atom. The maximum atomic E-state index is 3.95. The summed E-state index contributed by atoms with van der Waals surface area (Å²) in [6.07, 6.45) is 6.56. The highest BCUT2D eigenvalue weighted by molar-refractivity contribution is 5.27. The molecule has 0 aliphatic carbocycles. The first kappa shape index (κ1) is 17.8. The van der Waals surface area contributed by atoms with Gasteiger partial charge in [0.25, 0.3) is 0 Å². The van der Waals surface area contributed by atoms with Crippen molar-refractivity contribution in [3.8, 4) is 0 Å². The second-order valence-corrected chi connectivity index (χ2v) is 2.92. The molecule has 0 radical (unpaired) electrons. The second-order valence-electron chi connectivity index (χ2n) is 2.92. The number of rotatable bonds is 4. The minimum absolute atomic E-state index is 0.908. The molecular weight excluding hydrogens is 204 g/mol. The number of hydrogen-bond acceptors (Lipinski definition) is 0. The maximum Gasteiger partial charge on any atom is -0.00316 e. The number of benzene rings is 1. The van der Waals surface area contributed by atoms with E-state index in [0.29, 0.717) is 0 Å². The highest BCUT2D eigenvalue weighted by Gasteiger charge is 1.91. The molecule has 0 amide bonds. The van der Waals surface area contributed by atoms with Gasteiger partial charge in [-0.15, -0.1) is 0 Å². The van der Waals surface area contributed by atoms with Crippen molar-refractivity contribution in [2.45, 2.75) is 34.1 Å². The Bertz CT molecular complexity index is 304. The Labute approximate surface area is 107 Å². The summed E-state index contributed by atoms with van der Waals surface area (Å²) in [5.41, 5.74) is 2.40. The van der Waals surface area contributed by atoms with Gasteiger partial charge in [-0.05, 0) is 12.0 Å². The normalized spacial score (nSPS) is 8.47. The molecule has 0 aliphatic heterocycles. The first-order valence-electron chi connectivity index (χ1n) is 6.33. The molecule has 0 saturated heterocycles. The van der Waals surface area contributed by atoms with Gasteiger partial charge in [0.05, 0.1) is 0 Å². The van der Waals surface area contributed by atoms with Crippen molar-refractivity contribution in [1.82, 2.24) is 0 Å². The van der Waals surface area contributed by atoms with Crippen molar-refractivity contribution in [2.75, 3.05) is 0 Å².